The topological polar surface area (TPSA) is 80.9 Å². The first-order valence-electron chi connectivity index (χ1n) is 7.94. The molecule has 2 saturated heterocycles. The van der Waals surface area contributed by atoms with E-state index in [9.17, 15) is 20.4 Å². The van der Waals surface area contributed by atoms with Crippen LogP contribution in [0.25, 0.3) is 0 Å². The summed E-state index contributed by atoms with van der Waals surface area (Å²) in [4.78, 5) is 0. The molecular formula is C16H24O4P2. The van der Waals surface area contributed by atoms with Crippen molar-refractivity contribution in [3.63, 3.8) is 0 Å². The standard InChI is InChI=1S/C16H24O4P2/c17-15(18)13-7-3-9-21(13)11-5-1-2-6-12(11)22-10-4-8-14(22)16(19)20/h1-2,5-6,13-20H,3-4,7-10H2. The average molecular weight is 342 g/mol. The van der Waals surface area contributed by atoms with Crippen LogP contribution in [0.1, 0.15) is 25.7 Å². The number of aliphatic hydroxyl groups is 4. The van der Waals surface area contributed by atoms with Crippen molar-refractivity contribution >= 4 is 26.5 Å². The van der Waals surface area contributed by atoms with Gasteiger partial charge in [0.25, 0.3) is 0 Å². The minimum Gasteiger partial charge on any atom is -0.368 e. The lowest BCUT2D eigenvalue weighted by Gasteiger charge is -2.29. The van der Waals surface area contributed by atoms with Crippen LogP contribution in [0.3, 0.4) is 0 Å². The second kappa shape index (κ2) is 7.21. The minimum atomic E-state index is -1.24. The van der Waals surface area contributed by atoms with E-state index in [1.54, 1.807) is 0 Å². The molecule has 2 heterocycles. The summed E-state index contributed by atoms with van der Waals surface area (Å²) in [5, 5.41) is 41.2. The second-order valence-corrected chi connectivity index (χ2v) is 11.2. The zero-order valence-electron chi connectivity index (χ0n) is 12.5. The van der Waals surface area contributed by atoms with Gasteiger partial charge in [0.2, 0.25) is 0 Å². The van der Waals surface area contributed by atoms with Crippen LogP contribution in [-0.4, -0.2) is 56.6 Å². The largest absolute Gasteiger partial charge is 0.368 e. The van der Waals surface area contributed by atoms with E-state index in [0.29, 0.717) is 0 Å². The molecule has 6 heteroatoms. The van der Waals surface area contributed by atoms with E-state index in [0.717, 1.165) is 38.0 Å². The summed E-state index contributed by atoms with van der Waals surface area (Å²) in [6, 6.07) is 8.30. The van der Waals surface area contributed by atoms with Crippen LogP contribution < -0.4 is 10.6 Å². The van der Waals surface area contributed by atoms with Gasteiger partial charge in [-0.2, -0.15) is 0 Å². The maximum Gasteiger partial charge on any atom is 0.158 e. The van der Waals surface area contributed by atoms with E-state index >= 15 is 0 Å². The van der Waals surface area contributed by atoms with E-state index < -0.39 is 28.4 Å². The highest BCUT2D eigenvalue weighted by Gasteiger charge is 2.38. The molecule has 22 heavy (non-hydrogen) atoms. The fourth-order valence-electron chi connectivity index (χ4n) is 3.75. The third-order valence-corrected chi connectivity index (χ3v) is 11.2. The van der Waals surface area contributed by atoms with E-state index in [1.807, 2.05) is 12.1 Å². The van der Waals surface area contributed by atoms with Crippen molar-refractivity contribution in [3.8, 4) is 0 Å². The van der Waals surface area contributed by atoms with Gasteiger partial charge in [-0.3, -0.25) is 0 Å². The summed E-state index contributed by atoms with van der Waals surface area (Å²) in [7, 11) is -1.13. The van der Waals surface area contributed by atoms with Gasteiger partial charge in [0.15, 0.2) is 12.6 Å². The Morgan fingerprint density at radius 2 is 1.18 bits per heavy atom. The lowest BCUT2D eigenvalue weighted by atomic mass is 10.2. The number of hydrogen-bond donors (Lipinski definition) is 4. The van der Waals surface area contributed by atoms with Gasteiger partial charge in [-0.05, 0) is 48.6 Å². The third kappa shape index (κ3) is 3.24. The molecule has 2 aliphatic heterocycles. The fraction of sp³-hybridized carbons (Fsp3) is 0.625. The molecule has 1 aromatic carbocycles. The fourth-order valence-corrected chi connectivity index (χ4v) is 10.4. The highest BCUT2D eigenvalue weighted by molar-refractivity contribution is 7.73. The molecule has 1 aromatic rings. The maximum absolute atomic E-state index is 9.68. The molecule has 0 amide bonds. The highest BCUT2D eigenvalue weighted by atomic mass is 31.1. The van der Waals surface area contributed by atoms with E-state index in [4.69, 9.17) is 0 Å². The van der Waals surface area contributed by atoms with Crippen LogP contribution in [0.2, 0.25) is 0 Å². The predicted molar refractivity (Wildman–Crippen MR) is 91.8 cm³/mol. The normalized spacial score (nSPS) is 32.3. The van der Waals surface area contributed by atoms with Gasteiger partial charge in [-0.1, -0.05) is 40.1 Å². The molecule has 0 aliphatic carbocycles. The van der Waals surface area contributed by atoms with Crippen LogP contribution in [0.4, 0.5) is 0 Å². The van der Waals surface area contributed by atoms with Gasteiger partial charge in [-0.25, -0.2) is 0 Å². The Balaban J connectivity index is 1.93. The van der Waals surface area contributed by atoms with Crippen LogP contribution in [0, 0.1) is 0 Å². The van der Waals surface area contributed by atoms with Crippen molar-refractivity contribution in [1.82, 2.24) is 0 Å². The van der Waals surface area contributed by atoms with Crippen molar-refractivity contribution < 1.29 is 20.4 Å². The zero-order valence-corrected chi connectivity index (χ0v) is 14.3. The molecule has 0 bridgehead atoms. The molecule has 4 atom stereocenters. The molecular weight excluding hydrogens is 318 g/mol. The number of aliphatic hydroxyl groups excluding tert-OH is 2. The van der Waals surface area contributed by atoms with Gasteiger partial charge < -0.3 is 20.4 Å². The molecule has 4 N–H and O–H groups in total. The monoisotopic (exact) mass is 342 g/mol. The van der Waals surface area contributed by atoms with E-state index in [2.05, 4.69) is 12.1 Å². The lowest BCUT2D eigenvalue weighted by Crippen LogP contribution is -2.33. The number of benzene rings is 1. The number of rotatable bonds is 4. The summed E-state index contributed by atoms with van der Waals surface area (Å²) in [5.41, 5.74) is -0.0718. The molecule has 4 unspecified atom stereocenters. The molecule has 2 aliphatic rings. The van der Waals surface area contributed by atoms with E-state index in [-0.39, 0.29) is 11.3 Å². The van der Waals surface area contributed by atoms with Crippen molar-refractivity contribution in [3.05, 3.63) is 24.3 Å². The molecule has 2 fully saturated rings. The first-order chi connectivity index (χ1) is 10.6. The van der Waals surface area contributed by atoms with Crippen LogP contribution in [0.15, 0.2) is 24.3 Å². The Morgan fingerprint density at radius 3 is 1.55 bits per heavy atom. The molecule has 4 nitrogen and oxygen atoms in total. The zero-order chi connectivity index (χ0) is 15.7. The smallest absolute Gasteiger partial charge is 0.158 e. The Hall–Kier alpha value is -0.0800. The summed E-state index contributed by atoms with van der Waals surface area (Å²) < 4.78 is 0. The maximum atomic E-state index is 9.68. The Morgan fingerprint density at radius 1 is 0.773 bits per heavy atom. The van der Waals surface area contributed by atoms with E-state index in [1.165, 1.54) is 10.6 Å². The first kappa shape index (κ1) is 16.8. The van der Waals surface area contributed by atoms with Crippen molar-refractivity contribution in [1.29, 1.82) is 0 Å². The highest BCUT2D eigenvalue weighted by Crippen LogP contribution is 2.54. The molecule has 0 saturated carbocycles. The van der Waals surface area contributed by atoms with Crippen molar-refractivity contribution in [2.24, 2.45) is 0 Å². The SMILES string of the molecule is OC(O)C1CCCP1c1ccccc1P1CCCC1C(O)O. The molecule has 122 valence electrons. The molecule has 0 spiro atoms. The van der Waals surface area contributed by atoms with Gasteiger partial charge in [0, 0.05) is 11.3 Å². The van der Waals surface area contributed by atoms with Crippen LogP contribution in [-0.2, 0) is 0 Å². The summed E-state index contributed by atoms with van der Waals surface area (Å²) >= 11 is 0. The van der Waals surface area contributed by atoms with Crippen molar-refractivity contribution in [2.45, 2.75) is 49.6 Å². The predicted octanol–water partition coefficient (Wildman–Crippen LogP) is 0.847. The summed E-state index contributed by atoms with van der Waals surface area (Å²) in [5.74, 6) is 0. The molecule has 0 radical (unpaired) electrons. The minimum absolute atomic E-state index is 0.0359. The molecule has 0 aromatic heterocycles. The first-order valence-corrected chi connectivity index (χ1v) is 11.1. The van der Waals surface area contributed by atoms with Gasteiger partial charge in [-0.15, -0.1) is 0 Å². The Kier molecular flexibility index (Phi) is 5.50. The summed E-state index contributed by atoms with van der Waals surface area (Å²) in [6.07, 6.45) is 3.46. The quantitative estimate of drug-likeness (QED) is 0.483. The second-order valence-electron chi connectivity index (χ2n) is 6.12. The lowest BCUT2D eigenvalue weighted by molar-refractivity contribution is -0.0417. The molecule has 3 rings (SSSR count). The summed E-state index contributed by atoms with van der Waals surface area (Å²) in [6.45, 7) is 0. The average Bonchev–Trinajstić information content (AvgIpc) is 3.16. The van der Waals surface area contributed by atoms with Crippen LogP contribution in [0.5, 0.6) is 0 Å². The Labute approximate surface area is 133 Å². The Bertz CT molecular complexity index is 464. The van der Waals surface area contributed by atoms with Crippen molar-refractivity contribution in [2.75, 3.05) is 12.3 Å². The van der Waals surface area contributed by atoms with Gasteiger partial charge in [0.1, 0.15) is 0 Å². The van der Waals surface area contributed by atoms with Gasteiger partial charge >= 0.3 is 0 Å². The van der Waals surface area contributed by atoms with Gasteiger partial charge in [0.05, 0.1) is 0 Å². The third-order valence-electron chi connectivity index (χ3n) is 4.79. The van der Waals surface area contributed by atoms with Crippen LogP contribution >= 0.6 is 15.8 Å². The number of hydrogen-bond acceptors (Lipinski definition) is 4.